The summed E-state index contributed by atoms with van der Waals surface area (Å²) in [6, 6.07) is 67.9. The van der Waals surface area contributed by atoms with Crippen LogP contribution in [0.5, 0.6) is 0 Å². The van der Waals surface area contributed by atoms with Gasteiger partial charge >= 0.3 is 0 Å². The third-order valence-corrected chi connectivity index (χ3v) is 14.6. The van der Waals surface area contributed by atoms with E-state index < -0.39 is 0 Å². The molecule has 0 aliphatic heterocycles. The summed E-state index contributed by atoms with van der Waals surface area (Å²) in [5.41, 5.74) is 12.9. The van der Waals surface area contributed by atoms with Crippen molar-refractivity contribution in [3.05, 3.63) is 199 Å². The maximum Gasteiger partial charge on any atom is 0.238 e. The van der Waals surface area contributed by atoms with Crippen molar-refractivity contribution in [3.8, 4) is 45.5 Å². The summed E-state index contributed by atoms with van der Waals surface area (Å²) < 4.78 is 4.82. The van der Waals surface area contributed by atoms with Crippen molar-refractivity contribution in [3.63, 3.8) is 0 Å². The Hall–Kier alpha value is -7.89. The molecule has 66 heavy (non-hydrogen) atoms. The minimum absolute atomic E-state index is 0.00830. The van der Waals surface area contributed by atoms with Gasteiger partial charge < -0.3 is 4.57 Å². The van der Waals surface area contributed by atoms with Gasteiger partial charge in [0.2, 0.25) is 5.95 Å². The van der Waals surface area contributed by atoms with Crippen molar-refractivity contribution in [2.45, 2.75) is 51.4 Å². The van der Waals surface area contributed by atoms with Crippen LogP contribution in [0.15, 0.2) is 188 Å². The smallest absolute Gasteiger partial charge is 0.238 e. The number of fused-ring (bicyclic) bond motifs is 11. The van der Waals surface area contributed by atoms with Gasteiger partial charge in [-0.05, 0) is 104 Å². The molecule has 1 aliphatic carbocycles. The molecule has 0 N–H and O–H groups in total. The lowest BCUT2D eigenvalue weighted by molar-refractivity contribution is 0.334. The molecule has 3 aromatic heterocycles. The highest BCUT2D eigenvalue weighted by atomic mass is 15.2. The van der Waals surface area contributed by atoms with Crippen molar-refractivity contribution in [2.75, 3.05) is 0 Å². The van der Waals surface area contributed by atoms with E-state index in [9.17, 15) is 0 Å². The summed E-state index contributed by atoms with van der Waals surface area (Å²) >= 11 is 0. The fourth-order valence-corrected chi connectivity index (χ4v) is 11.1. The fourth-order valence-electron chi connectivity index (χ4n) is 11.1. The molecular weight excluding hydrogens is 803 g/mol. The zero-order valence-electron chi connectivity index (χ0n) is 37.5. The summed E-state index contributed by atoms with van der Waals surface area (Å²) in [5, 5.41) is 9.73. The Morgan fingerprint density at radius 1 is 0.394 bits per heavy atom. The fraction of sp³-hybridized carbons (Fsp3) is 0.131. The van der Waals surface area contributed by atoms with Gasteiger partial charge in [0.25, 0.3) is 0 Å². The normalized spacial score (nSPS) is 14.5. The molecule has 3 heterocycles. The van der Waals surface area contributed by atoms with Gasteiger partial charge in [0.1, 0.15) is 0 Å². The summed E-state index contributed by atoms with van der Waals surface area (Å²) in [6.07, 6.45) is 2.29. The van der Waals surface area contributed by atoms with Crippen LogP contribution in [0.25, 0.3) is 111 Å². The van der Waals surface area contributed by atoms with Gasteiger partial charge in [-0.3, -0.25) is 4.57 Å². The second-order valence-electron chi connectivity index (χ2n) is 19.5. The van der Waals surface area contributed by atoms with Crippen LogP contribution in [0.4, 0.5) is 0 Å². The molecule has 316 valence electrons. The number of rotatable bonds is 5. The Bertz CT molecular complexity index is 3910. The molecule has 1 aliphatic rings. The molecule has 0 saturated carbocycles. The number of hydrogen-bond donors (Lipinski definition) is 0. The minimum Gasteiger partial charge on any atom is -0.309 e. The minimum atomic E-state index is -0.00830. The molecular formula is C61H47N5. The Morgan fingerprint density at radius 3 is 1.77 bits per heavy atom. The predicted octanol–water partition coefficient (Wildman–Crippen LogP) is 15.7. The lowest BCUT2D eigenvalue weighted by atomic mass is 9.62. The van der Waals surface area contributed by atoms with E-state index in [1.54, 1.807) is 0 Å². The quantitative estimate of drug-likeness (QED) is 0.173. The van der Waals surface area contributed by atoms with E-state index >= 15 is 0 Å². The maximum absolute atomic E-state index is 5.43. The zero-order valence-corrected chi connectivity index (χ0v) is 37.5. The number of hydrogen-bond acceptors (Lipinski definition) is 3. The molecule has 5 nitrogen and oxygen atoms in total. The van der Waals surface area contributed by atoms with Crippen LogP contribution in [0.1, 0.15) is 51.7 Å². The standard InChI is InChI=1S/C61H47N5/c1-60(2)33-34-61(3,4)55-50(60)31-30-47-48-36-49-53(37-52(48)65(56(47)55)45-20-9-6-10-21-45)66(51-32-29-40-16-13-14-22-46(40)54(49)51)59-63-57(41-17-7-5-8-18-41)62-58(64-59)42-26-23-39(24-27-42)44-28-25-38-15-11-12-19-43(38)35-44/h5-32,35-37H,33-34H2,1-4H3. The van der Waals surface area contributed by atoms with Crippen LogP contribution in [-0.2, 0) is 10.8 Å². The van der Waals surface area contributed by atoms with E-state index in [1.807, 2.05) is 18.2 Å². The van der Waals surface area contributed by atoms with Gasteiger partial charge in [-0.15, -0.1) is 0 Å². The SMILES string of the molecule is CC1(C)CCC(C)(C)c2c1ccc1c3cc4c5c6ccccc6ccc5n(-c5nc(-c6ccccc6)nc(-c6ccc(-c7ccc8ccccc8c7)cc6)n5)c4cc3n(-c3ccccc3)c21. The van der Waals surface area contributed by atoms with Crippen LogP contribution in [-0.4, -0.2) is 24.1 Å². The maximum atomic E-state index is 5.43. The number of benzene rings is 9. The van der Waals surface area contributed by atoms with Crippen LogP contribution < -0.4 is 0 Å². The molecule has 0 spiro atoms. The third-order valence-electron chi connectivity index (χ3n) is 14.6. The monoisotopic (exact) mass is 849 g/mol. The van der Waals surface area contributed by atoms with Crippen molar-refractivity contribution >= 4 is 65.2 Å². The number of nitrogens with zero attached hydrogens (tertiary/aromatic N) is 5. The Kier molecular flexibility index (Phi) is 8.36. The molecule has 0 bridgehead atoms. The third kappa shape index (κ3) is 5.89. The van der Waals surface area contributed by atoms with E-state index in [0.29, 0.717) is 17.6 Å². The first kappa shape index (κ1) is 38.6. The van der Waals surface area contributed by atoms with Gasteiger partial charge in [-0.2, -0.15) is 9.97 Å². The van der Waals surface area contributed by atoms with E-state index in [-0.39, 0.29) is 10.8 Å². The Morgan fingerprint density at radius 2 is 1.00 bits per heavy atom. The Balaban J connectivity index is 1.11. The summed E-state index contributed by atoms with van der Waals surface area (Å²) in [6.45, 7) is 9.72. The molecule has 0 saturated heterocycles. The molecule has 12 aromatic rings. The summed E-state index contributed by atoms with van der Waals surface area (Å²) in [4.78, 5) is 16.0. The molecule has 0 atom stereocenters. The van der Waals surface area contributed by atoms with Crippen LogP contribution in [0, 0.1) is 0 Å². The lowest BCUT2D eigenvalue weighted by Crippen LogP contribution is -2.34. The molecule has 9 aromatic carbocycles. The lowest BCUT2D eigenvalue weighted by Gasteiger charge is -2.42. The average molecular weight is 850 g/mol. The zero-order chi connectivity index (χ0) is 44.3. The Labute approximate surface area is 383 Å². The van der Waals surface area contributed by atoms with Gasteiger partial charge in [0, 0.05) is 38.4 Å². The van der Waals surface area contributed by atoms with Crippen LogP contribution >= 0.6 is 0 Å². The first-order valence-electron chi connectivity index (χ1n) is 23.2. The topological polar surface area (TPSA) is 48.5 Å². The van der Waals surface area contributed by atoms with Crippen LogP contribution in [0.2, 0.25) is 0 Å². The molecule has 0 amide bonds. The van der Waals surface area contributed by atoms with Crippen molar-refractivity contribution < 1.29 is 0 Å². The van der Waals surface area contributed by atoms with E-state index in [2.05, 4.69) is 207 Å². The molecule has 13 rings (SSSR count). The highest BCUT2D eigenvalue weighted by Crippen LogP contribution is 2.51. The average Bonchev–Trinajstić information content (AvgIpc) is 3.87. The first-order valence-corrected chi connectivity index (χ1v) is 23.2. The van der Waals surface area contributed by atoms with Crippen molar-refractivity contribution in [1.82, 2.24) is 24.1 Å². The first-order chi connectivity index (χ1) is 32.2. The van der Waals surface area contributed by atoms with Gasteiger partial charge in [-0.25, -0.2) is 4.98 Å². The van der Waals surface area contributed by atoms with E-state index in [4.69, 9.17) is 15.0 Å². The molecule has 0 unspecified atom stereocenters. The molecule has 0 fully saturated rings. The van der Waals surface area contributed by atoms with Crippen LogP contribution in [0.3, 0.4) is 0 Å². The van der Waals surface area contributed by atoms with Gasteiger partial charge in [0.05, 0.1) is 22.1 Å². The number of aromatic nitrogens is 5. The molecule has 5 heteroatoms. The second-order valence-corrected chi connectivity index (χ2v) is 19.5. The van der Waals surface area contributed by atoms with Crippen molar-refractivity contribution in [1.29, 1.82) is 0 Å². The highest BCUT2D eigenvalue weighted by Gasteiger charge is 2.40. The largest absolute Gasteiger partial charge is 0.309 e. The van der Waals surface area contributed by atoms with Gasteiger partial charge in [-0.1, -0.05) is 179 Å². The predicted molar refractivity (Wildman–Crippen MR) is 275 cm³/mol. The van der Waals surface area contributed by atoms with Gasteiger partial charge in [0.15, 0.2) is 11.6 Å². The molecule has 0 radical (unpaired) electrons. The highest BCUT2D eigenvalue weighted by molar-refractivity contribution is 6.25. The number of para-hydroxylation sites is 1. The van der Waals surface area contributed by atoms with Crippen molar-refractivity contribution in [2.24, 2.45) is 0 Å². The van der Waals surface area contributed by atoms with E-state index in [1.165, 1.54) is 65.3 Å². The van der Waals surface area contributed by atoms with E-state index in [0.717, 1.165) is 51.8 Å². The summed E-state index contributed by atoms with van der Waals surface area (Å²) in [5.74, 6) is 1.83. The summed E-state index contributed by atoms with van der Waals surface area (Å²) in [7, 11) is 0. The second kappa shape index (κ2) is 14.3.